The van der Waals surface area contributed by atoms with Crippen LogP contribution in [0.25, 0.3) is 11.3 Å². The highest BCUT2D eigenvalue weighted by Crippen LogP contribution is 2.46. The van der Waals surface area contributed by atoms with Gasteiger partial charge in [0, 0.05) is 29.1 Å². The van der Waals surface area contributed by atoms with Crippen LogP contribution in [0, 0.1) is 0 Å². The van der Waals surface area contributed by atoms with Crippen molar-refractivity contribution in [3.63, 3.8) is 0 Å². The number of carbonyl (C=O) groups is 1. The van der Waals surface area contributed by atoms with E-state index in [-0.39, 0.29) is 48.1 Å². The number of para-hydroxylation sites is 1. The molecule has 5 rings (SSSR count). The number of alkyl halides is 3. The molecule has 3 aliphatic rings. The maximum absolute atomic E-state index is 13.0. The highest BCUT2D eigenvalue weighted by Gasteiger charge is 2.45. The third kappa shape index (κ3) is 5.48. The lowest BCUT2D eigenvalue weighted by atomic mass is 9.99. The number of amides is 1. The fourth-order valence-electron chi connectivity index (χ4n) is 5.29. The van der Waals surface area contributed by atoms with E-state index in [1.54, 1.807) is 12.1 Å². The second kappa shape index (κ2) is 9.28. The molecular formula is C26H31F3N2O5. The van der Waals surface area contributed by atoms with E-state index in [0.717, 1.165) is 25.7 Å². The first-order chi connectivity index (χ1) is 17.0. The smallest absolute Gasteiger partial charge is 0.444 e. The molecule has 2 bridgehead atoms. The molecule has 0 N–H and O–H groups in total. The zero-order valence-corrected chi connectivity index (χ0v) is 20.6. The fraction of sp³-hybridized carbons (Fsp3) is 0.615. The van der Waals surface area contributed by atoms with Gasteiger partial charge >= 0.3 is 12.5 Å². The van der Waals surface area contributed by atoms with E-state index in [0.29, 0.717) is 29.9 Å². The van der Waals surface area contributed by atoms with E-state index in [2.05, 4.69) is 9.89 Å². The third-order valence-electron chi connectivity index (χ3n) is 6.89. The molecule has 1 amide bonds. The fourth-order valence-corrected chi connectivity index (χ4v) is 5.29. The summed E-state index contributed by atoms with van der Waals surface area (Å²) in [5, 5.41) is 4.14. The molecule has 0 radical (unpaired) electrons. The molecule has 0 unspecified atom stereocenters. The van der Waals surface area contributed by atoms with Crippen molar-refractivity contribution >= 4 is 6.09 Å². The van der Waals surface area contributed by atoms with Gasteiger partial charge in [0.1, 0.15) is 22.8 Å². The largest absolute Gasteiger partial charge is 0.573 e. The van der Waals surface area contributed by atoms with Crippen molar-refractivity contribution < 1.29 is 36.7 Å². The van der Waals surface area contributed by atoms with Gasteiger partial charge in [-0.15, -0.1) is 13.2 Å². The number of ether oxygens (including phenoxy) is 3. The molecule has 3 atom stereocenters. The van der Waals surface area contributed by atoms with Crippen molar-refractivity contribution in [3.8, 4) is 17.0 Å². The molecule has 1 aliphatic carbocycles. The summed E-state index contributed by atoms with van der Waals surface area (Å²) < 4.78 is 60.8. The van der Waals surface area contributed by atoms with Gasteiger partial charge in [-0.25, -0.2) is 4.79 Å². The van der Waals surface area contributed by atoms with Crippen molar-refractivity contribution in [1.82, 2.24) is 10.1 Å². The minimum atomic E-state index is -4.82. The molecule has 2 saturated heterocycles. The summed E-state index contributed by atoms with van der Waals surface area (Å²) in [6, 6.07) is 6.03. The number of benzene rings is 1. The number of aromatic nitrogens is 1. The first-order valence-electron chi connectivity index (χ1n) is 12.4. The molecular weight excluding hydrogens is 477 g/mol. The molecule has 2 aromatic rings. The number of fused-ring (bicyclic) bond motifs is 2. The van der Waals surface area contributed by atoms with Crippen LogP contribution in [-0.4, -0.2) is 46.3 Å². The Bertz CT molecular complexity index is 1090. The van der Waals surface area contributed by atoms with Gasteiger partial charge in [0.15, 0.2) is 0 Å². The van der Waals surface area contributed by atoms with E-state index in [1.807, 2.05) is 25.7 Å². The van der Waals surface area contributed by atoms with Crippen LogP contribution in [0.3, 0.4) is 0 Å². The number of rotatable bonds is 6. The summed E-state index contributed by atoms with van der Waals surface area (Å²) in [6.45, 7) is 5.74. The first-order valence-corrected chi connectivity index (χ1v) is 12.4. The lowest BCUT2D eigenvalue weighted by molar-refractivity contribution is -0.274. The van der Waals surface area contributed by atoms with E-state index in [4.69, 9.17) is 14.0 Å². The number of carbonyl (C=O) groups excluding carboxylic acids is 1. The van der Waals surface area contributed by atoms with E-state index in [1.165, 1.54) is 12.1 Å². The monoisotopic (exact) mass is 508 g/mol. The van der Waals surface area contributed by atoms with Gasteiger partial charge in [-0.05, 0) is 71.4 Å². The highest BCUT2D eigenvalue weighted by molar-refractivity contribution is 5.71. The van der Waals surface area contributed by atoms with E-state index in [9.17, 15) is 18.0 Å². The minimum absolute atomic E-state index is 0.0503. The molecule has 1 aromatic carbocycles. The molecule has 2 aliphatic heterocycles. The zero-order chi connectivity index (χ0) is 25.7. The molecule has 10 heteroatoms. The van der Waals surface area contributed by atoms with Crippen molar-refractivity contribution in [3.05, 3.63) is 35.6 Å². The second-order valence-corrected chi connectivity index (χ2v) is 10.9. The average Bonchev–Trinajstić information content (AvgIpc) is 3.47. The number of nitrogens with zero attached hydrogens (tertiary/aromatic N) is 2. The van der Waals surface area contributed by atoms with Gasteiger partial charge in [0.05, 0.1) is 12.7 Å². The Balaban J connectivity index is 1.32. The summed E-state index contributed by atoms with van der Waals surface area (Å²) in [7, 11) is 0. The molecule has 3 fully saturated rings. The summed E-state index contributed by atoms with van der Waals surface area (Å²) >= 11 is 0. The van der Waals surface area contributed by atoms with Crippen LogP contribution in [0.1, 0.15) is 76.5 Å². The third-order valence-corrected chi connectivity index (χ3v) is 6.89. The molecule has 7 nitrogen and oxygen atoms in total. The number of hydrogen-bond acceptors (Lipinski definition) is 6. The summed E-state index contributed by atoms with van der Waals surface area (Å²) in [6.07, 6.45) is -0.134. The number of halogens is 3. The Morgan fingerprint density at radius 2 is 1.75 bits per heavy atom. The maximum atomic E-state index is 13.0. The van der Waals surface area contributed by atoms with Crippen LogP contribution in [0.15, 0.2) is 28.8 Å². The zero-order valence-electron chi connectivity index (χ0n) is 20.6. The molecule has 3 heterocycles. The Morgan fingerprint density at radius 3 is 2.36 bits per heavy atom. The number of piperidine rings is 1. The standard InChI is InChI=1S/C26H31F3N2O5/c1-25(2,3)35-24(32)31-16-10-11-17(31)13-18(12-16)33-14-20-22(30-36-23(20)15-8-9-15)19-6-4-5-7-21(19)34-26(27,28)29/h4-7,15-18H,8-14H2,1-3H3/t16-,17+,18+. The predicted octanol–water partition coefficient (Wildman–Crippen LogP) is 6.56. The van der Waals surface area contributed by atoms with Crippen molar-refractivity contribution in [1.29, 1.82) is 0 Å². The van der Waals surface area contributed by atoms with Gasteiger partial charge in [-0.3, -0.25) is 0 Å². The SMILES string of the molecule is CC(C)(C)OC(=O)N1[C@@H]2CC[C@H]1C[C@@H](OCc1c(-c3ccccc3OC(F)(F)F)noc1C1CC1)C2. The average molecular weight is 509 g/mol. The van der Waals surface area contributed by atoms with Crippen molar-refractivity contribution in [2.45, 2.75) is 102 Å². The molecule has 1 aromatic heterocycles. The van der Waals surface area contributed by atoms with Gasteiger partial charge < -0.3 is 23.6 Å². The second-order valence-electron chi connectivity index (χ2n) is 10.9. The van der Waals surface area contributed by atoms with Gasteiger partial charge in [0.25, 0.3) is 0 Å². The van der Waals surface area contributed by atoms with Crippen LogP contribution in [0.4, 0.5) is 18.0 Å². The Hall–Kier alpha value is -2.75. The van der Waals surface area contributed by atoms with Crippen LogP contribution in [0.5, 0.6) is 5.75 Å². The molecule has 1 saturated carbocycles. The predicted molar refractivity (Wildman–Crippen MR) is 123 cm³/mol. The quantitative estimate of drug-likeness (QED) is 0.440. The van der Waals surface area contributed by atoms with Gasteiger partial charge in [-0.1, -0.05) is 17.3 Å². The van der Waals surface area contributed by atoms with Gasteiger partial charge in [-0.2, -0.15) is 0 Å². The lowest BCUT2D eigenvalue weighted by Crippen LogP contribution is -2.50. The highest BCUT2D eigenvalue weighted by atomic mass is 19.4. The van der Waals surface area contributed by atoms with Crippen LogP contribution >= 0.6 is 0 Å². The molecule has 0 spiro atoms. The normalized spacial score (nSPS) is 24.2. The van der Waals surface area contributed by atoms with E-state index < -0.39 is 12.0 Å². The number of hydrogen-bond donors (Lipinski definition) is 0. The van der Waals surface area contributed by atoms with Gasteiger partial charge in [0.2, 0.25) is 0 Å². The van der Waals surface area contributed by atoms with Crippen molar-refractivity contribution in [2.24, 2.45) is 0 Å². The minimum Gasteiger partial charge on any atom is -0.444 e. The Kier molecular flexibility index (Phi) is 6.43. The summed E-state index contributed by atoms with van der Waals surface area (Å²) in [5.41, 5.74) is 0.632. The summed E-state index contributed by atoms with van der Waals surface area (Å²) in [5.74, 6) is 0.539. The Morgan fingerprint density at radius 1 is 1.08 bits per heavy atom. The van der Waals surface area contributed by atoms with Crippen LogP contribution in [0.2, 0.25) is 0 Å². The lowest BCUT2D eigenvalue weighted by Gasteiger charge is -2.39. The molecule has 196 valence electrons. The van der Waals surface area contributed by atoms with Crippen LogP contribution < -0.4 is 4.74 Å². The Labute approximate surface area is 207 Å². The maximum Gasteiger partial charge on any atom is 0.573 e. The van der Waals surface area contributed by atoms with Crippen molar-refractivity contribution in [2.75, 3.05) is 0 Å². The summed E-state index contributed by atoms with van der Waals surface area (Å²) in [4.78, 5) is 14.6. The first kappa shape index (κ1) is 24.9. The van der Waals surface area contributed by atoms with Crippen LogP contribution in [-0.2, 0) is 16.1 Å². The molecule has 36 heavy (non-hydrogen) atoms. The van der Waals surface area contributed by atoms with E-state index >= 15 is 0 Å². The topological polar surface area (TPSA) is 74.0 Å².